The first-order valence-electron chi connectivity index (χ1n) is 7.56. The summed E-state index contributed by atoms with van der Waals surface area (Å²) in [7, 11) is 0. The Bertz CT molecular complexity index is 670. The molecule has 0 aliphatic carbocycles. The maximum Gasteiger partial charge on any atom is 0.335 e. The van der Waals surface area contributed by atoms with Gasteiger partial charge in [0.25, 0.3) is 0 Å². The Kier molecular flexibility index (Phi) is 4.96. The number of benzene rings is 2. The van der Waals surface area contributed by atoms with E-state index in [1.54, 1.807) is 12.1 Å². The second-order valence-corrected chi connectivity index (χ2v) is 6.06. The standard InChI is InChI=1S/C18H18ClNO3/c19-15-7-5-13(6-8-15)17-16(9-10-23-17)20-11-12-1-3-14(4-2-12)18(21)22/h1-8,16-17,20H,9-11H2,(H,21,22). The minimum absolute atomic E-state index is 0.0190. The highest BCUT2D eigenvalue weighted by molar-refractivity contribution is 6.30. The van der Waals surface area contributed by atoms with E-state index in [0.717, 1.165) is 29.2 Å². The van der Waals surface area contributed by atoms with Crippen molar-refractivity contribution in [3.63, 3.8) is 0 Å². The van der Waals surface area contributed by atoms with Gasteiger partial charge in [0.1, 0.15) is 0 Å². The van der Waals surface area contributed by atoms with E-state index in [4.69, 9.17) is 21.4 Å². The molecular weight excluding hydrogens is 314 g/mol. The SMILES string of the molecule is O=C(O)c1ccc(CNC2CCOC2c2ccc(Cl)cc2)cc1. The predicted molar refractivity (Wildman–Crippen MR) is 88.8 cm³/mol. The Balaban J connectivity index is 1.62. The van der Waals surface area contributed by atoms with Crippen LogP contribution in [-0.4, -0.2) is 23.7 Å². The molecule has 120 valence electrons. The van der Waals surface area contributed by atoms with E-state index in [-0.39, 0.29) is 12.1 Å². The van der Waals surface area contributed by atoms with Crippen molar-refractivity contribution >= 4 is 17.6 Å². The molecule has 1 aliphatic rings. The summed E-state index contributed by atoms with van der Waals surface area (Å²) in [6.45, 7) is 1.40. The summed E-state index contributed by atoms with van der Waals surface area (Å²) in [6, 6.07) is 14.9. The molecule has 0 bridgehead atoms. The average molecular weight is 332 g/mol. The summed E-state index contributed by atoms with van der Waals surface area (Å²) >= 11 is 5.93. The number of ether oxygens (including phenoxy) is 1. The highest BCUT2D eigenvalue weighted by Crippen LogP contribution is 2.30. The zero-order valence-electron chi connectivity index (χ0n) is 12.5. The molecule has 2 aromatic carbocycles. The number of carboxylic acid groups (broad SMARTS) is 1. The van der Waals surface area contributed by atoms with Crippen molar-refractivity contribution in [3.05, 3.63) is 70.2 Å². The minimum atomic E-state index is -0.906. The van der Waals surface area contributed by atoms with Crippen molar-refractivity contribution in [2.24, 2.45) is 0 Å². The van der Waals surface area contributed by atoms with E-state index >= 15 is 0 Å². The van der Waals surface area contributed by atoms with Crippen molar-refractivity contribution in [2.75, 3.05) is 6.61 Å². The third-order valence-corrected chi connectivity index (χ3v) is 4.31. The Hall–Kier alpha value is -1.88. The highest BCUT2D eigenvalue weighted by Gasteiger charge is 2.29. The molecular formula is C18H18ClNO3. The second-order valence-electron chi connectivity index (χ2n) is 5.62. The summed E-state index contributed by atoms with van der Waals surface area (Å²) in [5.41, 5.74) is 2.47. The molecule has 0 aromatic heterocycles. The van der Waals surface area contributed by atoms with Crippen molar-refractivity contribution in [2.45, 2.75) is 25.1 Å². The van der Waals surface area contributed by atoms with E-state index < -0.39 is 5.97 Å². The first-order chi connectivity index (χ1) is 11.1. The Morgan fingerprint density at radius 3 is 2.52 bits per heavy atom. The molecule has 0 amide bonds. The number of carboxylic acids is 1. The van der Waals surface area contributed by atoms with Gasteiger partial charge in [-0.05, 0) is 41.8 Å². The lowest BCUT2D eigenvalue weighted by Crippen LogP contribution is -2.31. The van der Waals surface area contributed by atoms with Crippen molar-refractivity contribution in [1.82, 2.24) is 5.32 Å². The van der Waals surface area contributed by atoms with Crippen LogP contribution in [0.4, 0.5) is 0 Å². The third kappa shape index (κ3) is 3.91. The second kappa shape index (κ2) is 7.13. The monoisotopic (exact) mass is 331 g/mol. The number of hydrogen-bond acceptors (Lipinski definition) is 3. The van der Waals surface area contributed by atoms with Crippen LogP contribution >= 0.6 is 11.6 Å². The molecule has 1 heterocycles. The van der Waals surface area contributed by atoms with Crippen LogP contribution in [0.5, 0.6) is 0 Å². The molecule has 0 spiro atoms. The smallest absolute Gasteiger partial charge is 0.335 e. The zero-order chi connectivity index (χ0) is 16.2. The molecule has 1 saturated heterocycles. The molecule has 2 unspecified atom stereocenters. The van der Waals surface area contributed by atoms with Gasteiger partial charge in [0.05, 0.1) is 11.7 Å². The molecule has 5 heteroatoms. The summed E-state index contributed by atoms with van der Waals surface area (Å²) < 4.78 is 5.85. The van der Waals surface area contributed by atoms with Gasteiger partial charge in [-0.25, -0.2) is 4.79 Å². The molecule has 2 aromatic rings. The van der Waals surface area contributed by atoms with Crippen molar-refractivity contribution in [1.29, 1.82) is 0 Å². The normalized spacial score (nSPS) is 20.6. The fourth-order valence-corrected chi connectivity index (χ4v) is 2.92. The van der Waals surface area contributed by atoms with Crippen LogP contribution in [0.1, 0.15) is 34.0 Å². The molecule has 2 atom stereocenters. The van der Waals surface area contributed by atoms with Gasteiger partial charge in [-0.15, -0.1) is 0 Å². The molecule has 3 rings (SSSR count). The Morgan fingerprint density at radius 1 is 1.17 bits per heavy atom. The Labute approximate surface area is 140 Å². The third-order valence-electron chi connectivity index (χ3n) is 4.06. The van der Waals surface area contributed by atoms with E-state index in [1.165, 1.54) is 0 Å². The van der Waals surface area contributed by atoms with Crippen LogP contribution in [0.3, 0.4) is 0 Å². The van der Waals surface area contributed by atoms with Gasteiger partial charge in [0.15, 0.2) is 0 Å². The highest BCUT2D eigenvalue weighted by atomic mass is 35.5. The first kappa shape index (κ1) is 16.0. The minimum Gasteiger partial charge on any atom is -0.478 e. The number of halogens is 1. The van der Waals surface area contributed by atoms with Crippen LogP contribution in [0.15, 0.2) is 48.5 Å². The molecule has 0 radical (unpaired) electrons. The van der Waals surface area contributed by atoms with Gasteiger partial charge < -0.3 is 15.2 Å². The zero-order valence-corrected chi connectivity index (χ0v) is 13.3. The van der Waals surface area contributed by atoms with Crippen molar-refractivity contribution < 1.29 is 14.6 Å². The number of carbonyl (C=O) groups is 1. The maximum atomic E-state index is 10.9. The number of nitrogens with one attached hydrogen (secondary N) is 1. The fraction of sp³-hybridized carbons (Fsp3) is 0.278. The molecule has 23 heavy (non-hydrogen) atoms. The van der Waals surface area contributed by atoms with Gasteiger partial charge >= 0.3 is 5.97 Å². The predicted octanol–water partition coefficient (Wildman–Crippen LogP) is 3.66. The summed E-state index contributed by atoms with van der Waals surface area (Å²) in [6.07, 6.45) is 0.964. The van der Waals surface area contributed by atoms with E-state index in [9.17, 15) is 4.79 Å². The van der Waals surface area contributed by atoms with Gasteiger partial charge in [-0.1, -0.05) is 35.9 Å². The largest absolute Gasteiger partial charge is 0.478 e. The number of rotatable bonds is 5. The molecule has 0 saturated carbocycles. The fourth-order valence-electron chi connectivity index (χ4n) is 2.79. The van der Waals surface area contributed by atoms with E-state index in [2.05, 4.69) is 5.32 Å². The lowest BCUT2D eigenvalue weighted by atomic mass is 10.0. The number of hydrogen-bond donors (Lipinski definition) is 2. The van der Waals surface area contributed by atoms with Crippen LogP contribution in [0.25, 0.3) is 0 Å². The molecule has 1 fully saturated rings. The molecule has 2 N–H and O–H groups in total. The first-order valence-corrected chi connectivity index (χ1v) is 7.94. The van der Waals surface area contributed by atoms with Crippen LogP contribution in [0, 0.1) is 0 Å². The van der Waals surface area contributed by atoms with Crippen LogP contribution in [-0.2, 0) is 11.3 Å². The van der Waals surface area contributed by atoms with Gasteiger partial charge in [-0.2, -0.15) is 0 Å². The van der Waals surface area contributed by atoms with E-state index in [0.29, 0.717) is 12.1 Å². The number of aromatic carboxylic acids is 1. The Morgan fingerprint density at radius 2 is 1.87 bits per heavy atom. The van der Waals surface area contributed by atoms with Crippen LogP contribution in [0.2, 0.25) is 5.02 Å². The van der Waals surface area contributed by atoms with E-state index in [1.807, 2.05) is 36.4 Å². The average Bonchev–Trinajstić information content (AvgIpc) is 3.02. The topological polar surface area (TPSA) is 58.6 Å². The lowest BCUT2D eigenvalue weighted by Gasteiger charge is -2.20. The molecule has 4 nitrogen and oxygen atoms in total. The summed E-state index contributed by atoms with van der Waals surface area (Å²) in [5, 5.41) is 13.1. The van der Waals surface area contributed by atoms with Crippen LogP contribution < -0.4 is 5.32 Å². The lowest BCUT2D eigenvalue weighted by molar-refractivity contribution is 0.0697. The summed E-state index contributed by atoms with van der Waals surface area (Å²) in [5.74, 6) is -0.906. The van der Waals surface area contributed by atoms with Gasteiger partial charge in [0.2, 0.25) is 0 Å². The van der Waals surface area contributed by atoms with Crippen molar-refractivity contribution in [3.8, 4) is 0 Å². The van der Waals surface area contributed by atoms with Gasteiger partial charge in [0, 0.05) is 24.2 Å². The maximum absolute atomic E-state index is 10.9. The molecule has 1 aliphatic heterocycles. The van der Waals surface area contributed by atoms with Gasteiger partial charge in [-0.3, -0.25) is 0 Å². The summed E-state index contributed by atoms with van der Waals surface area (Å²) in [4.78, 5) is 10.9. The quantitative estimate of drug-likeness (QED) is 0.878.